The van der Waals surface area contributed by atoms with Crippen LogP contribution in [0.1, 0.15) is 10.4 Å². The summed E-state index contributed by atoms with van der Waals surface area (Å²) in [7, 11) is 5.23. The molecule has 1 N–H and O–H groups in total. The molecule has 0 radical (unpaired) electrons. The van der Waals surface area contributed by atoms with Crippen LogP contribution in [0.2, 0.25) is 0 Å². The summed E-state index contributed by atoms with van der Waals surface area (Å²) in [6.07, 6.45) is 0. The molecule has 4 nitrogen and oxygen atoms in total. The zero-order valence-electron chi connectivity index (χ0n) is 9.60. The number of amides is 1. The van der Waals surface area contributed by atoms with Gasteiger partial charge in [0, 0.05) is 26.7 Å². The van der Waals surface area contributed by atoms with Gasteiger partial charge in [-0.1, -0.05) is 18.2 Å². The van der Waals surface area contributed by atoms with Crippen LogP contribution < -0.4 is 5.32 Å². The van der Waals surface area contributed by atoms with Gasteiger partial charge in [0.1, 0.15) is 0 Å². The molecule has 86 valence electrons. The first-order chi connectivity index (χ1) is 7.57. The maximum Gasteiger partial charge on any atom is 0.274 e. The number of carbonyl (C=O) groups excluding carboxylic acids is 1. The summed E-state index contributed by atoms with van der Waals surface area (Å²) in [5.74, 6) is -0.148. The Kier molecular flexibility index (Phi) is 4.39. The van der Waals surface area contributed by atoms with Gasteiger partial charge in [0.25, 0.3) is 5.91 Å². The fourth-order valence-electron chi connectivity index (χ4n) is 1.26. The number of hydrogen-bond donors (Lipinski definition) is 1. The fourth-order valence-corrected chi connectivity index (χ4v) is 1.51. The second-order valence-electron chi connectivity index (χ2n) is 3.39. The molecular formula is C11H15N3OS. The summed E-state index contributed by atoms with van der Waals surface area (Å²) in [6, 6.07) is 9.04. The Labute approximate surface area is 101 Å². The van der Waals surface area contributed by atoms with E-state index in [2.05, 4.69) is 5.32 Å². The highest BCUT2D eigenvalue weighted by atomic mass is 32.1. The van der Waals surface area contributed by atoms with Crippen molar-refractivity contribution in [3.63, 3.8) is 0 Å². The number of rotatable bonds is 2. The van der Waals surface area contributed by atoms with E-state index < -0.39 is 0 Å². The molecular weight excluding hydrogens is 222 g/mol. The Morgan fingerprint density at radius 1 is 1.25 bits per heavy atom. The van der Waals surface area contributed by atoms with E-state index in [4.69, 9.17) is 12.2 Å². The third-order valence-electron chi connectivity index (χ3n) is 2.02. The first kappa shape index (κ1) is 12.6. The van der Waals surface area contributed by atoms with Crippen molar-refractivity contribution in [2.45, 2.75) is 0 Å². The van der Waals surface area contributed by atoms with Gasteiger partial charge in [0.15, 0.2) is 5.11 Å². The van der Waals surface area contributed by atoms with E-state index in [0.717, 1.165) is 0 Å². The van der Waals surface area contributed by atoms with Gasteiger partial charge >= 0.3 is 0 Å². The molecule has 0 aliphatic heterocycles. The summed E-state index contributed by atoms with van der Waals surface area (Å²) in [4.78, 5) is 12.1. The van der Waals surface area contributed by atoms with Crippen LogP contribution in [0.15, 0.2) is 30.3 Å². The second kappa shape index (κ2) is 5.58. The number of benzene rings is 1. The molecule has 5 heteroatoms. The lowest BCUT2D eigenvalue weighted by atomic mass is 10.2. The molecule has 1 aromatic carbocycles. The van der Waals surface area contributed by atoms with Crippen LogP contribution in [0, 0.1) is 0 Å². The normalized spacial score (nSPS) is 10.0. The van der Waals surface area contributed by atoms with Crippen LogP contribution in [0.5, 0.6) is 0 Å². The molecule has 0 unspecified atom stereocenters. The molecule has 0 saturated carbocycles. The molecule has 0 aliphatic rings. The predicted octanol–water partition coefficient (Wildman–Crippen LogP) is 1.11. The molecule has 0 aliphatic carbocycles. The highest BCUT2D eigenvalue weighted by Crippen LogP contribution is 2.06. The number of hydrazine groups is 1. The van der Waals surface area contributed by atoms with Gasteiger partial charge in [-0.25, -0.2) is 10.0 Å². The Bertz CT molecular complexity index is 378. The van der Waals surface area contributed by atoms with Crippen LogP contribution in [-0.2, 0) is 0 Å². The fraction of sp³-hybridized carbons (Fsp3) is 0.273. The number of nitrogens with one attached hydrogen (secondary N) is 1. The van der Waals surface area contributed by atoms with Crippen molar-refractivity contribution >= 4 is 23.2 Å². The minimum absolute atomic E-state index is 0.148. The topological polar surface area (TPSA) is 35.6 Å². The van der Waals surface area contributed by atoms with Crippen LogP contribution >= 0.6 is 12.2 Å². The van der Waals surface area contributed by atoms with Crippen molar-refractivity contribution in [3.8, 4) is 0 Å². The molecule has 1 rings (SSSR count). The number of nitrogens with zero attached hydrogens (tertiary/aromatic N) is 2. The van der Waals surface area contributed by atoms with Gasteiger partial charge < -0.3 is 5.32 Å². The Hall–Kier alpha value is -1.46. The van der Waals surface area contributed by atoms with E-state index in [1.54, 1.807) is 38.3 Å². The first-order valence-corrected chi connectivity index (χ1v) is 5.27. The van der Waals surface area contributed by atoms with Gasteiger partial charge in [-0.3, -0.25) is 4.79 Å². The van der Waals surface area contributed by atoms with Gasteiger partial charge in [0.2, 0.25) is 0 Å². The van der Waals surface area contributed by atoms with Gasteiger partial charge in [-0.15, -0.1) is 0 Å². The Morgan fingerprint density at radius 3 is 2.25 bits per heavy atom. The zero-order valence-corrected chi connectivity index (χ0v) is 10.4. The SMILES string of the molecule is CNC(=S)N(C(=O)c1ccccc1)N(C)C. The third kappa shape index (κ3) is 2.77. The van der Waals surface area contributed by atoms with E-state index in [0.29, 0.717) is 10.7 Å². The molecule has 1 amide bonds. The average molecular weight is 237 g/mol. The lowest BCUT2D eigenvalue weighted by Gasteiger charge is -2.28. The Morgan fingerprint density at radius 2 is 1.81 bits per heavy atom. The van der Waals surface area contributed by atoms with Gasteiger partial charge in [-0.05, 0) is 24.4 Å². The van der Waals surface area contributed by atoms with Crippen LogP contribution in [0.4, 0.5) is 0 Å². The summed E-state index contributed by atoms with van der Waals surface area (Å²) in [5, 5.41) is 6.22. The quantitative estimate of drug-likeness (QED) is 0.617. The van der Waals surface area contributed by atoms with Crippen molar-refractivity contribution in [3.05, 3.63) is 35.9 Å². The molecule has 0 fully saturated rings. The maximum absolute atomic E-state index is 12.1. The second-order valence-corrected chi connectivity index (χ2v) is 3.77. The van der Waals surface area contributed by atoms with Gasteiger partial charge in [0.05, 0.1) is 0 Å². The molecule has 0 saturated heterocycles. The highest BCUT2D eigenvalue weighted by Gasteiger charge is 2.20. The number of thiocarbonyl (C=S) groups is 1. The van der Waals surface area contributed by atoms with Crippen molar-refractivity contribution in [1.29, 1.82) is 0 Å². The smallest absolute Gasteiger partial charge is 0.274 e. The van der Waals surface area contributed by atoms with E-state index in [9.17, 15) is 4.79 Å². The molecule has 16 heavy (non-hydrogen) atoms. The summed E-state index contributed by atoms with van der Waals surface area (Å²) in [6.45, 7) is 0. The largest absolute Gasteiger partial charge is 0.364 e. The van der Waals surface area contributed by atoms with E-state index in [-0.39, 0.29) is 5.91 Å². The number of hydrogen-bond acceptors (Lipinski definition) is 3. The van der Waals surface area contributed by atoms with Crippen molar-refractivity contribution < 1.29 is 4.79 Å². The summed E-state index contributed by atoms with van der Waals surface area (Å²) < 4.78 is 0. The maximum atomic E-state index is 12.1. The lowest BCUT2D eigenvalue weighted by Crippen LogP contribution is -2.49. The molecule has 0 atom stereocenters. The highest BCUT2D eigenvalue weighted by molar-refractivity contribution is 7.80. The van der Waals surface area contributed by atoms with E-state index >= 15 is 0 Å². The zero-order chi connectivity index (χ0) is 12.1. The lowest BCUT2D eigenvalue weighted by molar-refractivity contribution is 0.0530. The standard InChI is InChI=1S/C11H15N3OS/c1-12-11(16)14(13(2)3)10(15)9-7-5-4-6-8-9/h4-8H,1-3H3,(H,12,16). The minimum Gasteiger partial charge on any atom is -0.364 e. The van der Waals surface area contributed by atoms with Crippen molar-refractivity contribution in [1.82, 2.24) is 15.3 Å². The van der Waals surface area contributed by atoms with Crippen LogP contribution in [0.3, 0.4) is 0 Å². The number of carbonyl (C=O) groups is 1. The average Bonchev–Trinajstić information content (AvgIpc) is 2.29. The van der Waals surface area contributed by atoms with E-state index in [1.807, 2.05) is 18.2 Å². The van der Waals surface area contributed by atoms with Crippen molar-refractivity contribution in [2.24, 2.45) is 0 Å². The summed E-state index contributed by atoms with van der Waals surface area (Å²) >= 11 is 5.08. The predicted molar refractivity (Wildman–Crippen MR) is 68.0 cm³/mol. The van der Waals surface area contributed by atoms with Crippen LogP contribution in [0.25, 0.3) is 0 Å². The third-order valence-corrected chi connectivity index (χ3v) is 2.40. The molecule has 0 aromatic heterocycles. The van der Waals surface area contributed by atoms with Gasteiger partial charge in [-0.2, -0.15) is 0 Å². The molecule has 0 spiro atoms. The monoisotopic (exact) mass is 237 g/mol. The van der Waals surface area contributed by atoms with Crippen LogP contribution in [-0.4, -0.2) is 42.2 Å². The Balaban J connectivity index is 2.97. The molecule has 0 bridgehead atoms. The molecule has 1 aromatic rings. The first-order valence-electron chi connectivity index (χ1n) is 4.86. The van der Waals surface area contributed by atoms with E-state index in [1.165, 1.54) is 5.01 Å². The molecule has 0 heterocycles. The van der Waals surface area contributed by atoms with Crippen molar-refractivity contribution in [2.75, 3.05) is 21.1 Å². The summed E-state index contributed by atoms with van der Waals surface area (Å²) in [5.41, 5.74) is 0.605. The minimum atomic E-state index is -0.148.